The summed E-state index contributed by atoms with van der Waals surface area (Å²) in [5.41, 5.74) is 0.922. The lowest BCUT2D eigenvalue weighted by Crippen LogP contribution is -2.41. The molecule has 0 spiro atoms. The van der Waals surface area contributed by atoms with Gasteiger partial charge in [-0.05, 0) is 37.1 Å². The number of carbonyl (C=O) groups is 1. The van der Waals surface area contributed by atoms with Gasteiger partial charge in [0, 0.05) is 30.2 Å². The fraction of sp³-hybridized carbons (Fsp3) is 0.500. The molecule has 0 saturated carbocycles. The third-order valence-electron chi connectivity index (χ3n) is 3.44. The zero-order valence-electron chi connectivity index (χ0n) is 11.0. The Morgan fingerprint density at radius 3 is 2.89 bits per heavy atom. The van der Waals surface area contributed by atoms with Crippen molar-refractivity contribution >= 4 is 29.1 Å². The highest BCUT2D eigenvalue weighted by atomic mass is 35.5. The molecule has 1 aliphatic rings. The van der Waals surface area contributed by atoms with Crippen LogP contribution >= 0.6 is 23.2 Å². The Balaban J connectivity index is 1.99. The molecule has 1 N–H and O–H groups in total. The predicted octanol–water partition coefficient (Wildman–Crippen LogP) is 2.95. The molecule has 0 aromatic heterocycles. The summed E-state index contributed by atoms with van der Waals surface area (Å²) in [5.74, 6) is 0.267. The fourth-order valence-electron chi connectivity index (χ4n) is 2.36. The molecule has 0 bridgehead atoms. The molecule has 1 saturated heterocycles. The van der Waals surface area contributed by atoms with E-state index in [1.807, 2.05) is 13.1 Å². The van der Waals surface area contributed by atoms with Crippen LogP contribution in [0.2, 0.25) is 10.0 Å². The Labute approximate surface area is 123 Å². The zero-order chi connectivity index (χ0) is 13.8. The average molecular weight is 301 g/mol. The summed E-state index contributed by atoms with van der Waals surface area (Å²) < 4.78 is 0. The van der Waals surface area contributed by atoms with Crippen LogP contribution in [0.5, 0.6) is 0 Å². The van der Waals surface area contributed by atoms with E-state index in [1.165, 1.54) is 0 Å². The van der Waals surface area contributed by atoms with Crippen LogP contribution in [0.4, 0.5) is 0 Å². The van der Waals surface area contributed by atoms with Crippen molar-refractivity contribution in [2.75, 3.05) is 20.1 Å². The molecule has 0 unspecified atom stereocenters. The second kappa shape index (κ2) is 6.60. The molecule has 1 atom stereocenters. The lowest BCUT2D eigenvalue weighted by molar-refractivity contribution is -0.135. The number of halogens is 2. The first-order valence-electron chi connectivity index (χ1n) is 6.47. The van der Waals surface area contributed by atoms with Gasteiger partial charge in [0.25, 0.3) is 0 Å². The van der Waals surface area contributed by atoms with E-state index < -0.39 is 0 Å². The summed E-state index contributed by atoms with van der Waals surface area (Å²) in [6.45, 7) is 2.30. The van der Waals surface area contributed by atoms with Crippen molar-refractivity contribution < 1.29 is 4.79 Å². The van der Waals surface area contributed by atoms with Crippen LogP contribution in [0, 0.1) is 5.92 Å². The van der Waals surface area contributed by atoms with Crippen molar-refractivity contribution in [2.45, 2.75) is 19.4 Å². The van der Waals surface area contributed by atoms with Crippen LogP contribution in [0.1, 0.15) is 18.4 Å². The summed E-state index contributed by atoms with van der Waals surface area (Å²) in [6.07, 6.45) is 2.02. The molecular weight excluding hydrogens is 283 g/mol. The molecule has 104 valence electrons. The number of amides is 1. The number of nitrogens with zero attached hydrogens (tertiary/aromatic N) is 1. The van der Waals surface area contributed by atoms with Gasteiger partial charge in [-0.3, -0.25) is 4.79 Å². The Hall–Kier alpha value is -0.770. The van der Waals surface area contributed by atoms with Crippen LogP contribution in [0.15, 0.2) is 18.2 Å². The number of hydrogen-bond donors (Lipinski definition) is 1. The van der Waals surface area contributed by atoms with E-state index in [9.17, 15) is 4.79 Å². The second-order valence-electron chi connectivity index (χ2n) is 4.97. The molecule has 1 fully saturated rings. The minimum Gasteiger partial charge on any atom is -0.341 e. The maximum atomic E-state index is 12.3. The van der Waals surface area contributed by atoms with Crippen molar-refractivity contribution in [3.63, 3.8) is 0 Å². The van der Waals surface area contributed by atoms with Crippen molar-refractivity contribution in [3.05, 3.63) is 33.8 Å². The molecule has 1 aromatic carbocycles. The topological polar surface area (TPSA) is 32.3 Å². The lowest BCUT2D eigenvalue weighted by atomic mass is 9.98. The van der Waals surface area contributed by atoms with Gasteiger partial charge < -0.3 is 10.2 Å². The Bertz CT molecular complexity index is 459. The summed E-state index contributed by atoms with van der Waals surface area (Å²) >= 11 is 12.0. The summed E-state index contributed by atoms with van der Waals surface area (Å²) in [4.78, 5) is 14.0. The smallest absolute Gasteiger partial charge is 0.227 e. The number of rotatable bonds is 3. The quantitative estimate of drug-likeness (QED) is 0.931. The SMILES string of the molecule is CN(Cc1ccc(Cl)cc1Cl)C(=O)[C@@H]1CCCNC1. The van der Waals surface area contributed by atoms with Crippen LogP contribution in [-0.2, 0) is 11.3 Å². The first-order chi connectivity index (χ1) is 9.08. The maximum absolute atomic E-state index is 12.3. The highest BCUT2D eigenvalue weighted by molar-refractivity contribution is 6.35. The van der Waals surface area contributed by atoms with E-state index in [1.54, 1.807) is 17.0 Å². The minimum atomic E-state index is 0.0878. The molecule has 1 amide bonds. The third kappa shape index (κ3) is 3.85. The number of piperidine rings is 1. The highest BCUT2D eigenvalue weighted by Crippen LogP contribution is 2.23. The van der Waals surface area contributed by atoms with Gasteiger partial charge in [-0.25, -0.2) is 0 Å². The van der Waals surface area contributed by atoms with Crippen molar-refractivity contribution in [1.29, 1.82) is 0 Å². The zero-order valence-corrected chi connectivity index (χ0v) is 12.5. The number of nitrogens with one attached hydrogen (secondary N) is 1. The Kier molecular flexibility index (Phi) is 5.08. The van der Waals surface area contributed by atoms with Gasteiger partial charge in [0.15, 0.2) is 0 Å². The first kappa shape index (κ1) is 14.6. The van der Waals surface area contributed by atoms with Gasteiger partial charge >= 0.3 is 0 Å². The maximum Gasteiger partial charge on any atom is 0.227 e. The van der Waals surface area contributed by atoms with Crippen LogP contribution in [0.25, 0.3) is 0 Å². The van der Waals surface area contributed by atoms with Gasteiger partial charge in [-0.15, -0.1) is 0 Å². The number of benzene rings is 1. The van der Waals surface area contributed by atoms with Gasteiger partial charge in [0.2, 0.25) is 5.91 Å². The summed E-state index contributed by atoms with van der Waals surface area (Å²) in [6, 6.07) is 5.37. The van der Waals surface area contributed by atoms with Crippen LogP contribution < -0.4 is 5.32 Å². The van der Waals surface area contributed by atoms with E-state index in [0.29, 0.717) is 16.6 Å². The highest BCUT2D eigenvalue weighted by Gasteiger charge is 2.24. The monoisotopic (exact) mass is 300 g/mol. The molecule has 1 aromatic rings. The fourth-order valence-corrected chi connectivity index (χ4v) is 2.83. The van der Waals surface area contributed by atoms with Crippen molar-refractivity contribution in [2.24, 2.45) is 5.92 Å². The van der Waals surface area contributed by atoms with Crippen molar-refractivity contribution in [1.82, 2.24) is 10.2 Å². The molecule has 1 heterocycles. The molecule has 0 radical (unpaired) electrons. The van der Waals surface area contributed by atoms with E-state index in [0.717, 1.165) is 31.5 Å². The first-order valence-corrected chi connectivity index (χ1v) is 7.23. The summed E-state index contributed by atoms with van der Waals surface area (Å²) in [5, 5.41) is 4.48. The minimum absolute atomic E-state index is 0.0878. The second-order valence-corrected chi connectivity index (χ2v) is 5.82. The molecule has 19 heavy (non-hydrogen) atoms. The lowest BCUT2D eigenvalue weighted by Gasteiger charge is -2.27. The van der Waals surface area contributed by atoms with Gasteiger partial charge in [-0.1, -0.05) is 29.3 Å². The van der Waals surface area contributed by atoms with Gasteiger partial charge in [-0.2, -0.15) is 0 Å². The number of hydrogen-bond acceptors (Lipinski definition) is 2. The van der Waals surface area contributed by atoms with Crippen LogP contribution in [0.3, 0.4) is 0 Å². The standard InChI is InChI=1S/C14H18Cl2N2O/c1-18(14(19)10-3-2-6-17-8-10)9-11-4-5-12(15)7-13(11)16/h4-5,7,10,17H,2-3,6,8-9H2,1H3/t10-/m1/s1. The van der Waals surface area contributed by atoms with E-state index in [4.69, 9.17) is 23.2 Å². The third-order valence-corrected chi connectivity index (χ3v) is 4.03. The van der Waals surface area contributed by atoms with E-state index >= 15 is 0 Å². The number of carbonyl (C=O) groups excluding carboxylic acids is 1. The molecular formula is C14H18Cl2N2O. The van der Waals surface area contributed by atoms with Crippen LogP contribution in [-0.4, -0.2) is 30.9 Å². The normalized spacial score (nSPS) is 19.2. The predicted molar refractivity (Wildman–Crippen MR) is 78.5 cm³/mol. The van der Waals surface area contributed by atoms with Gasteiger partial charge in [0.1, 0.15) is 0 Å². The van der Waals surface area contributed by atoms with E-state index in [-0.39, 0.29) is 11.8 Å². The molecule has 5 heteroatoms. The summed E-state index contributed by atoms with van der Waals surface area (Å²) in [7, 11) is 1.82. The average Bonchev–Trinajstić information content (AvgIpc) is 2.42. The van der Waals surface area contributed by atoms with Gasteiger partial charge in [0.05, 0.1) is 5.92 Å². The Morgan fingerprint density at radius 1 is 1.47 bits per heavy atom. The van der Waals surface area contributed by atoms with Crippen molar-refractivity contribution in [3.8, 4) is 0 Å². The van der Waals surface area contributed by atoms with E-state index in [2.05, 4.69) is 5.32 Å². The molecule has 1 aliphatic heterocycles. The molecule has 2 rings (SSSR count). The molecule has 3 nitrogen and oxygen atoms in total. The largest absolute Gasteiger partial charge is 0.341 e. The Morgan fingerprint density at radius 2 is 2.26 bits per heavy atom. The molecule has 0 aliphatic carbocycles.